The summed E-state index contributed by atoms with van der Waals surface area (Å²) in [5.74, 6) is -1.22. The largest absolute Gasteiger partial charge is 0.495 e. The van der Waals surface area contributed by atoms with Gasteiger partial charge in [0.1, 0.15) is 5.75 Å². The van der Waals surface area contributed by atoms with Crippen molar-refractivity contribution in [2.45, 2.75) is 27.2 Å². The van der Waals surface area contributed by atoms with Gasteiger partial charge < -0.3 is 19.7 Å². The number of nitrogens with one attached hydrogen (secondary N) is 1. The summed E-state index contributed by atoms with van der Waals surface area (Å²) < 4.78 is 10.5. The molecule has 1 saturated heterocycles. The van der Waals surface area contributed by atoms with E-state index in [1.54, 1.807) is 6.07 Å². The maximum Gasteiger partial charge on any atom is 0.311 e. The number of aryl methyl sites for hydroxylation is 3. The first kappa shape index (κ1) is 21.4. The molecule has 1 aliphatic rings. The Kier molecular flexibility index (Phi) is 6.40. The van der Waals surface area contributed by atoms with Crippen molar-refractivity contribution >= 4 is 29.2 Å². The number of methoxy groups -OCH3 is 1. The molecule has 2 amide bonds. The van der Waals surface area contributed by atoms with Crippen molar-refractivity contribution in [1.82, 2.24) is 0 Å². The van der Waals surface area contributed by atoms with Crippen LogP contribution < -0.4 is 15.0 Å². The minimum atomic E-state index is -0.628. The second kappa shape index (κ2) is 8.98. The molecule has 158 valence electrons. The molecule has 0 unspecified atom stereocenters. The van der Waals surface area contributed by atoms with Crippen LogP contribution in [0.2, 0.25) is 0 Å². The molecule has 1 aliphatic heterocycles. The average molecular weight is 410 g/mol. The van der Waals surface area contributed by atoms with Gasteiger partial charge in [-0.05, 0) is 55.7 Å². The van der Waals surface area contributed by atoms with Crippen LogP contribution in [-0.2, 0) is 19.1 Å². The van der Waals surface area contributed by atoms with Gasteiger partial charge in [-0.1, -0.05) is 18.2 Å². The van der Waals surface area contributed by atoms with Crippen LogP contribution in [0, 0.1) is 26.7 Å². The first-order chi connectivity index (χ1) is 14.3. The maximum absolute atomic E-state index is 12.5. The van der Waals surface area contributed by atoms with Crippen molar-refractivity contribution in [3.05, 3.63) is 53.1 Å². The van der Waals surface area contributed by atoms with Crippen LogP contribution in [0.5, 0.6) is 5.75 Å². The number of hydrogen-bond donors (Lipinski definition) is 1. The molecule has 2 aromatic rings. The Hall–Kier alpha value is -3.35. The molecule has 1 fully saturated rings. The third-order valence-corrected chi connectivity index (χ3v) is 5.10. The van der Waals surface area contributed by atoms with Crippen molar-refractivity contribution in [2.75, 3.05) is 30.5 Å². The highest BCUT2D eigenvalue weighted by atomic mass is 16.5. The van der Waals surface area contributed by atoms with E-state index in [2.05, 4.69) is 5.32 Å². The van der Waals surface area contributed by atoms with Crippen LogP contribution in [0.4, 0.5) is 11.4 Å². The zero-order valence-electron chi connectivity index (χ0n) is 17.7. The Morgan fingerprint density at radius 2 is 1.80 bits per heavy atom. The summed E-state index contributed by atoms with van der Waals surface area (Å²) in [6.45, 7) is 5.53. The lowest BCUT2D eigenvalue weighted by Crippen LogP contribution is -2.28. The Morgan fingerprint density at radius 3 is 2.53 bits per heavy atom. The lowest BCUT2D eigenvalue weighted by Gasteiger charge is -2.20. The van der Waals surface area contributed by atoms with Gasteiger partial charge in [0, 0.05) is 18.7 Å². The van der Waals surface area contributed by atoms with Crippen molar-refractivity contribution in [3.8, 4) is 5.75 Å². The van der Waals surface area contributed by atoms with Gasteiger partial charge >= 0.3 is 5.97 Å². The van der Waals surface area contributed by atoms with Crippen molar-refractivity contribution < 1.29 is 23.9 Å². The van der Waals surface area contributed by atoms with Gasteiger partial charge in [0.2, 0.25) is 5.91 Å². The van der Waals surface area contributed by atoms with Gasteiger partial charge in [-0.15, -0.1) is 0 Å². The number of carbonyl (C=O) groups is 3. The fourth-order valence-electron chi connectivity index (χ4n) is 3.42. The van der Waals surface area contributed by atoms with E-state index in [0.717, 1.165) is 16.7 Å². The van der Waals surface area contributed by atoms with Crippen molar-refractivity contribution in [1.29, 1.82) is 0 Å². The quantitative estimate of drug-likeness (QED) is 0.740. The molecule has 2 aromatic carbocycles. The molecule has 0 radical (unpaired) electrons. The number of ether oxygens (including phenoxy) is 2. The summed E-state index contributed by atoms with van der Waals surface area (Å²) in [7, 11) is 1.54. The fourth-order valence-corrected chi connectivity index (χ4v) is 3.42. The molecule has 7 heteroatoms. The molecule has 7 nitrogen and oxygen atoms in total. The highest BCUT2D eigenvalue weighted by Crippen LogP contribution is 2.34. The van der Waals surface area contributed by atoms with E-state index in [4.69, 9.17) is 9.47 Å². The smallest absolute Gasteiger partial charge is 0.311 e. The Bertz CT molecular complexity index is 986. The number of esters is 1. The summed E-state index contributed by atoms with van der Waals surface area (Å²) >= 11 is 0. The molecule has 0 aliphatic carbocycles. The third-order valence-electron chi connectivity index (χ3n) is 5.10. The number of anilines is 2. The molecule has 0 aromatic heterocycles. The van der Waals surface area contributed by atoms with Gasteiger partial charge in [-0.2, -0.15) is 0 Å². The van der Waals surface area contributed by atoms with E-state index in [-0.39, 0.29) is 18.9 Å². The zero-order chi connectivity index (χ0) is 21.8. The Balaban J connectivity index is 1.59. The van der Waals surface area contributed by atoms with Crippen molar-refractivity contribution in [2.24, 2.45) is 5.92 Å². The molecular formula is C23H26N2O5. The monoisotopic (exact) mass is 410 g/mol. The second-order valence-electron chi connectivity index (χ2n) is 7.55. The van der Waals surface area contributed by atoms with E-state index in [0.29, 0.717) is 17.1 Å². The summed E-state index contributed by atoms with van der Waals surface area (Å²) in [5, 5.41) is 2.75. The molecule has 1 heterocycles. The molecule has 1 atom stereocenters. The summed E-state index contributed by atoms with van der Waals surface area (Å²) in [4.78, 5) is 38.7. The lowest BCUT2D eigenvalue weighted by molar-refractivity contribution is -0.151. The van der Waals surface area contributed by atoms with Crippen LogP contribution in [-0.4, -0.2) is 38.0 Å². The first-order valence-corrected chi connectivity index (χ1v) is 9.77. The first-order valence-electron chi connectivity index (χ1n) is 9.77. The van der Waals surface area contributed by atoms with Gasteiger partial charge in [-0.25, -0.2) is 0 Å². The highest BCUT2D eigenvalue weighted by Gasteiger charge is 2.37. The van der Waals surface area contributed by atoms with Crippen LogP contribution in [0.3, 0.4) is 0 Å². The van der Waals surface area contributed by atoms with Gasteiger partial charge in [0.05, 0.1) is 18.7 Å². The molecule has 30 heavy (non-hydrogen) atoms. The van der Waals surface area contributed by atoms with Crippen molar-refractivity contribution in [3.63, 3.8) is 0 Å². The van der Waals surface area contributed by atoms with E-state index in [1.165, 1.54) is 12.0 Å². The molecule has 0 saturated carbocycles. The van der Waals surface area contributed by atoms with E-state index >= 15 is 0 Å². The van der Waals surface area contributed by atoms with Crippen LogP contribution in [0.15, 0.2) is 36.4 Å². The zero-order valence-corrected chi connectivity index (χ0v) is 17.7. The summed E-state index contributed by atoms with van der Waals surface area (Å²) in [6, 6.07) is 11.3. The topological polar surface area (TPSA) is 84.9 Å². The number of hydrogen-bond acceptors (Lipinski definition) is 5. The maximum atomic E-state index is 12.5. The second-order valence-corrected chi connectivity index (χ2v) is 7.55. The van der Waals surface area contributed by atoms with Gasteiger partial charge in [0.15, 0.2) is 6.61 Å². The average Bonchev–Trinajstić information content (AvgIpc) is 3.10. The number of nitrogens with zero attached hydrogens (tertiary/aromatic N) is 1. The molecule has 0 bridgehead atoms. The van der Waals surface area contributed by atoms with E-state index in [1.807, 2.05) is 51.1 Å². The van der Waals surface area contributed by atoms with Gasteiger partial charge in [0.25, 0.3) is 5.91 Å². The van der Waals surface area contributed by atoms with E-state index < -0.39 is 24.4 Å². The number of amides is 2. The van der Waals surface area contributed by atoms with E-state index in [9.17, 15) is 14.4 Å². The fraction of sp³-hybridized carbons (Fsp3) is 0.348. The molecule has 0 spiro atoms. The summed E-state index contributed by atoms with van der Waals surface area (Å²) in [5.41, 5.74) is 4.23. The standard InChI is InChI=1S/C23H26N2O5/c1-14-5-7-16(3)18(9-14)24-21(26)13-30-23(28)17-11-22(27)25(12-17)19-10-15(2)6-8-20(19)29-4/h5-10,17H,11-13H2,1-4H3,(H,24,26)/t17-/m0/s1. The minimum Gasteiger partial charge on any atom is -0.495 e. The normalized spacial score (nSPS) is 15.8. The van der Waals surface area contributed by atoms with Crippen LogP contribution >= 0.6 is 0 Å². The molecule has 3 rings (SSSR count). The SMILES string of the molecule is COc1ccc(C)cc1N1C[C@@H](C(=O)OCC(=O)Nc2cc(C)ccc2C)CC1=O. The van der Waals surface area contributed by atoms with Crippen LogP contribution in [0.25, 0.3) is 0 Å². The minimum absolute atomic E-state index is 0.0362. The summed E-state index contributed by atoms with van der Waals surface area (Å²) in [6.07, 6.45) is 0.0362. The van der Waals surface area contributed by atoms with Gasteiger partial charge in [-0.3, -0.25) is 14.4 Å². The number of rotatable bonds is 6. The Morgan fingerprint density at radius 1 is 1.10 bits per heavy atom. The third kappa shape index (κ3) is 4.79. The van der Waals surface area contributed by atoms with Crippen LogP contribution in [0.1, 0.15) is 23.1 Å². The predicted molar refractivity (Wildman–Crippen MR) is 114 cm³/mol. The number of carbonyl (C=O) groups excluding carboxylic acids is 3. The predicted octanol–water partition coefficient (Wildman–Crippen LogP) is 3.16. The highest BCUT2D eigenvalue weighted by molar-refractivity contribution is 6.01. The number of benzene rings is 2. The molecule has 1 N–H and O–H groups in total. The Labute approximate surface area is 176 Å². The lowest BCUT2D eigenvalue weighted by atomic mass is 10.1. The molecular weight excluding hydrogens is 384 g/mol.